The molecule has 0 rings (SSSR count). The normalized spacial score (nSPS) is 14.6. The van der Waals surface area contributed by atoms with E-state index in [0.717, 1.165) is 115 Å². The Morgan fingerprint density at radius 1 is 0.295 bits per heavy atom. The van der Waals surface area contributed by atoms with Gasteiger partial charge in [-0.25, -0.2) is 9.13 Å². The first-order valence-corrected chi connectivity index (χ1v) is 42.6. The van der Waals surface area contributed by atoms with Gasteiger partial charge in [-0.1, -0.05) is 343 Å². The van der Waals surface area contributed by atoms with Crippen molar-refractivity contribution in [1.82, 2.24) is 0 Å². The Kier molecular flexibility index (Phi) is 66.5. The lowest BCUT2D eigenvalue weighted by Crippen LogP contribution is -2.30. The van der Waals surface area contributed by atoms with Crippen molar-refractivity contribution < 1.29 is 80.2 Å². The number of phosphoric acid groups is 2. The lowest BCUT2D eigenvalue weighted by molar-refractivity contribution is -0.161. The minimum Gasteiger partial charge on any atom is -0.462 e. The molecule has 0 radical (unpaired) electrons. The molecular formula is C76H148O17P2. The SMILES string of the molecule is CCCCCCCCCCCCCCCCCCCCC(=O)OC[C@H](COP(=O)(O)OC[C@@H](O)COP(=O)(O)OC[C@@H](COC(=O)CCCCCCCCC)OC(=O)CCCCCCCCCCC(C)CC)OC(=O)CCCCCCCCCCCCCCCCC(C)CC. The molecule has 7 atom stereocenters. The number of carbonyl (C=O) groups is 4. The number of phosphoric ester groups is 2. The summed E-state index contributed by atoms with van der Waals surface area (Å²) in [6.45, 7) is 9.60. The Balaban J connectivity index is 5.19. The zero-order chi connectivity index (χ0) is 70.0. The molecule has 0 aliphatic heterocycles. The van der Waals surface area contributed by atoms with Crippen LogP contribution in [-0.4, -0.2) is 96.7 Å². The molecule has 0 aliphatic rings. The first-order chi connectivity index (χ1) is 45.9. The maximum absolute atomic E-state index is 13.1. The van der Waals surface area contributed by atoms with Crippen LogP contribution in [0.5, 0.6) is 0 Å². The number of rotatable bonds is 75. The molecule has 0 fully saturated rings. The van der Waals surface area contributed by atoms with Crippen LogP contribution in [0.3, 0.4) is 0 Å². The Labute approximate surface area is 581 Å². The average molecular weight is 1400 g/mol. The van der Waals surface area contributed by atoms with Gasteiger partial charge in [0.05, 0.1) is 26.4 Å². The fourth-order valence-electron chi connectivity index (χ4n) is 11.6. The number of hydrogen-bond donors (Lipinski definition) is 3. The van der Waals surface area contributed by atoms with Gasteiger partial charge in [-0.15, -0.1) is 0 Å². The first-order valence-electron chi connectivity index (χ1n) is 39.6. The molecule has 3 N–H and O–H groups in total. The summed E-state index contributed by atoms with van der Waals surface area (Å²) >= 11 is 0. The fraction of sp³-hybridized carbons (Fsp3) is 0.947. The van der Waals surface area contributed by atoms with Crippen molar-refractivity contribution in [2.75, 3.05) is 39.6 Å². The van der Waals surface area contributed by atoms with Gasteiger partial charge in [-0.3, -0.25) is 37.3 Å². The Morgan fingerprint density at radius 2 is 0.505 bits per heavy atom. The van der Waals surface area contributed by atoms with Crippen LogP contribution >= 0.6 is 15.6 Å². The lowest BCUT2D eigenvalue weighted by Gasteiger charge is -2.21. The molecule has 0 amide bonds. The first kappa shape index (κ1) is 93.1. The summed E-state index contributed by atoms with van der Waals surface area (Å²) in [4.78, 5) is 72.7. The highest BCUT2D eigenvalue weighted by molar-refractivity contribution is 7.47. The number of aliphatic hydroxyl groups is 1. The Hall–Kier alpha value is -1.94. The molecule has 4 unspecified atom stereocenters. The van der Waals surface area contributed by atoms with Crippen LogP contribution in [0.1, 0.15) is 395 Å². The van der Waals surface area contributed by atoms with Gasteiger partial charge in [-0.05, 0) is 37.5 Å². The van der Waals surface area contributed by atoms with E-state index in [4.69, 9.17) is 37.0 Å². The number of ether oxygens (including phenoxy) is 4. The third kappa shape index (κ3) is 67.6. The quantitative estimate of drug-likeness (QED) is 0.0222. The van der Waals surface area contributed by atoms with Gasteiger partial charge in [0.15, 0.2) is 12.2 Å². The van der Waals surface area contributed by atoms with Crippen LogP contribution < -0.4 is 0 Å². The average Bonchev–Trinajstić information content (AvgIpc) is 2.20. The summed E-state index contributed by atoms with van der Waals surface area (Å²) in [5.41, 5.74) is 0. The molecule has 0 aliphatic carbocycles. The highest BCUT2D eigenvalue weighted by atomic mass is 31.2. The summed E-state index contributed by atoms with van der Waals surface area (Å²) in [5.74, 6) is -0.506. The molecule has 0 spiro atoms. The number of carbonyl (C=O) groups excluding carboxylic acids is 4. The molecule has 0 bridgehead atoms. The van der Waals surface area contributed by atoms with E-state index in [2.05, 4.69) is 41.5 Å². The van der Waals surface area contributed by atoms with Gasteiger partial charge in [-0.2, -0.15) is 0 Å². The molecule has 0 aromatic rings. The van der Waals surface area contributed by atoms with E-state index in [9.17, 15) is 43.2 Å². The highest BCUT2D eigenvalue weighted by Crippen LogP contribution is 2.45. The number of hydrogen-bond acceptors (Lipinski definition) is 15. The third-order valence-corrected chi connectivity index (χ3v) is 20.3. The van der Waals surface area contributed by atoms with Gasteiger partial charge in [0.2, 0.25) is 0 Å². The summed E-state index contributed by atoms with van der Waals surface area (Å²) in [6.07, 6.45) is 55.6. The van der Waals surface area contributed by atoms with Crippen molar-refractivity contribution in [2.24, 2.45) is 11.8 Å². The van der Waals surface area contributed by atoms with Crippen molar-refractivity contribution >= 4 is 39.5 Å². The zero-order valence-corrected chi connectivity index (χ0v) is 63.8. The Bertz CT molecular complexity index is 1840. The number of aliphatic hydroxyl groups excluding tert-OH is 1. The molecule has 0 heterocycles. The van der Waals surface area contributed by atoms with Gasteiger partial charge in [0, 0.05) is 25.7 Å². The lowest BCUT2D eigenvalue weighted by atomic mass is 9.99. The van der Waals surface area contributed by atoms with E-state index in [1.807, 2.05) is 0 Å². The van der Waals surface area contributed by atoms with E-state index in [-0.39, 0.29) is 25.7 Å². The van der Waals surface area contributed by atoms with Crippen LogP contribution in [0.15, 0.2) is 0 Å². The highest BCUT2D eigenvalue weighted by Gasteiger charge is 2.30. The second-order valence-corrected chi connectivity index (χ2v) is 30.8. The van der Waals surface area contributed by atoms with Crippen LogP contribution in [0, 0.1) is 11.8 Å². The Morgan fingerprint density at radius 3 is 0.747 bits per heavy atom. The summed E-state index contributed by atoms with van der Waals surface area (Å²) < 4.78 is 68.4. The van der Waals surface area contributed by atoms with E-state index in [0.29, 0.717) is 25.7 Å². The second-order valence-electron chi connectivity index (χ2n) is 27.9. The van der Waals surface area contributed by atoms with Crippen LogP contribution in [-0.2, 0) is 65.4 Å². The van der Waals surface area contributed by atoms with E-state index >= 15 is 0 Å². The molecule has 0 aromatic carbocycles. The fourth-order valence-corrected chi connectivity index (χ4v) is 13.2. The molecule has 17 nitrogen and oxygen atoms in total. The van der Waals surface area contributed by atoms with Gasteiger partial charge in [0.1, 0.15) is 19.3 Å². The molecule has 0 saturated carbocycles. The maximum Gasteiger partial charge on any atom is 0.472 e. The maximum atomic E-state index is 13.1. The summed E-state index contributed by atoms with van der Waals surface area (Å²) in [5, 5.41) is 10.6. The molecule has 95 heavy (non-hydrogen) atoms. The van der Waals surface area contributed by atoms with Crippen molar-refractivity contribution in [3.8, 4) is 0 Å². The summed E-state index contributed by atoms with van der Waals surface area (Å²) in [6, 6.07) is 0. The number of unbranched alkanes of at least 4 members (excludes halogenated alkanes) is 43. The summed E-state index contributed by atoms with van der Waals surface area (Å²) in [7, 11) is -9.91. The van der Waals surface area contributed by atoms with Crippen LogP contribution in [0.25, 0.3) is 0 Å². The largest absolute Gasteiger partial charge is 0.472 e. The van der Waals surface area contributed by atoms with Crippen LogP contribution in [0.2, 0.25) is 0 Å². The van der Waals surface area contributed by atoms with Crippen molar-refractivity contribution in [3.63, 3.8) is 0 Å². The topological polar surface area (TPSA) is 237 Å². The predicted molar refractivity (Wildman–Crippen MR) is 386 cm³/mol. The third-order valence-electron chi connectivity index (χ3n) is 18.4. The number of esters is 4. The standard InChI is InChI=1S/C76H148O17P2/c1-7-11-13-15-17-18-19-20-21-22-23-24-28-31-34-41-47-53-59-74(79)87-65-72(92-75(80)60-54-48-42-35-32-29-26-25-27-30-33-39-44-50-56-68(5)9-3)67-91-95(84,85)89-63-70(77)62-88-94(82,83)90-66-71(64-86-73(78)58-52-46-38-16-14-12-8-2)93-76(81)61-55-49-43-37-36-40-45-51-57-69(6)10-4/h68-72,77H,7-67H2,1-6H3,(H,82,83)(H,84,85)/t68?,69?,70-,71+,72+/m0/s1. The predicted octanol–water partition coefficient (Wildman–Crippen LogP) is 22.3. The van der Waals surface area contributed by atoms with Crippen molar-refractivity contribution in [1.29, 1.82) is 0 Å². The zero-order valence-electron chi connectivity index (χ0n) is 62.0. The van der Waals surface area contributed by atoms with E-state index in [1.165, 1.54) is 199 Å². The van der Waals surface area contributed by atoms with Gasteiger partial charge in [0.25, 0.3) is 0 Å². The second kappa shape index (κ2) is 67.9. The smallest absolute Gasteiger partial charge is 0.462 e. The van der Waals surface area contributed by atoms with E-state index in [1.54, 1.807) is 0 Å². The van der Waals surface area contributed by atoms with E-state index < -0.39 is 97.5 Å². The minimum atomic E-state index is -4.96. The van der Waals surface area contributed by atoms with Gasteiger partial charge < -0.3 is 33.8 Å². The minimum absolute atomic E-state index is 0.105. The molecule has 564 valence electrons. The molecule has 19 heteroatoms. The monoisotopic (exact) mass is 1400 g/mol. The molecular weight excluding hydrogens is 1250 g/mol. The van der Waals surface area contributed by atoms with Crippen molar-refractivity contribution in [3.05, 3.63) is 0 Å². The van der Waals surface area contributed by atoms with Crippen LogP contribution in [0.4, 0.5) is 0 Å². The van der Waals surface area contributed by atoms with Crippen molar-refractivity contribution in [2.45, 2.75) is 413 Å². The molecule has 0 saturated heterocycles. The van der Waals surface area contributed by atoms with Gasteiger partial charge >= 0.3 is 39.5 Å². The molecule has 0 aromatic heterocycles.